The Hall–Kier alpha value is -2.54. The van der Waals surface area contributed by atoms with Gasteiger partial charge in [-0.25, -0.2) is 0 Å². The molecule has 0 aliphatic heterocycles. The van der Waals surface area contributed by atoms with Crippen molar-refractivity contribution in [3.63, 3.8) is 0 Å². The number of carbonyl (C=O) groups is 1. The van der Waals surface area contributed by atoms with Crippen molar-refractivity contribution in [1.29, 1.82) is 0 Å². The second kappa shape index (κ2) is 4.54. The topological polar surface area (TPSA) is 55.1 Å². The zero-order chi connectivity index (χ0) is 12.3. The number of hydrogen-bond donors (Lipinski definition) is 1. The summed E-state index contributed by atoms with van der Waals surface area (Å²) in [5.41, 5.74) is 1.58. The number of amides is 1. The summed E-state index contributed by atoms with van der Waals surface area (Å²) in [6.07, 6.45) is 5.27. The number of anilines is 1. The van der Waals surface area contributed by atoms with Gasteiger partial charge in [-0.2, -0.15) is 0 Å². The van der Waals surface area contributed by atoms with Crippen LogP contribution < -0.4 is 5.32 Å². The van der Waals surface area contributed by atoms with Crippen molar-refractivity contribution < 1.29 is 9.32 Å². The van der Waals surface area contributed by atoms with Crippen LogP contribution in [0.25, 0.3) is 0 Å². The van der Waals surface area contributed by atoms with Crippen LogP contribution >= 0.6 is 0 Å². The maximum absolute atomic E-state index is 11.7. The lowest BCUT2D eigenvalue weighted by molar-refractivity contribution is 0.101. The molecule has 1 heterocycles. The van der Waals surface area contributed by atoms with E-state index in [0.29, 0.717) is 17.0 Å². The zero-order valence-corrected chi connectivity index (χ0v) is 9.23. The zero-order valence-electron chi connectivity index (χ0n) is 9.23. The normalized spacial score (nSPS) is 9.65. The molecule has 1 aromatic heterocycles. The molecule has 0 saturated carbocycles. The van der Waals surface area contributed by atoms with Gasteiger partial charge in [-0.3, -0.25) is 4.79 Å². The Labute approximate surface area is 98.6 Å². The third kappa shape index (κ3) is 2.52. The standard InChI is InChI=1S/C13H10N2O2/c1-3-10-5-4-6-11(8-10)14-13(16)12-7-9(2)17-15-12/h1,4-8H,2H3,(H,14,16). The van der Waals surface area contributed by atoms with E-state index in [0.717, 1.165) is 0 Å². The Morgan fingerprint density at radius 3 is 2.94 bits per heavy atom. The van der Waals surface area contributed by atoms with E-state index in [-0.39, 0.29) is 11.6 Å². The van der Waals surface area contributed by atoms with Gasteiger partial charge in [-0.05, 0) is 25.1 Å². The molecule has 4 nitrogen and oxygen atoms in total. The molecule has 0 spiro atoms. The Kier molecular flexibility index (Phi) is 2.93. The quantitative estimate of drug-likeness (QED) is 0.799. The number of aromatic nitrogens is 1. The molecule has 0 bridgehead atoms. The largest absolute Gasteiger partial charge is 0.361 e. The van der Waals surface area contributed by atoms with Gasteiger partial charge in [-0.1, -0.05) is 17.1 Å². The summed E-state index contributed by atoms with van der Waals surface area (Å²) >= 11 is 0. The maximum atomic E-state index is 11.7. The minimum Gasteiger partial charge on any atom is -0.361 e. The van der Waals surface area contributed by atoms with Crippen molar-refractivity contribution in [2.45, 2.75) is 6.92 Å². The first kappa shape index (κ1) is 11.0. The molecule has 0 saturated heterocycles. The van der Waals surface area contributed by atoms with Crippen molar-refractivity contribution in [3.05, 3.63) is 47.3 Å². The van der Waals surface area contributed by atoms with Gasteiger partial charge >= 0.3 is 0 Å². The van der Waals surface area contributed by atoms with Gasteiger partial charge in [0.2, 0.25) is 0 Å². The van der Waals surface area contributed by atoms with Gasteiger partial charge in [0, 0.05) is 17.3 Å². The highest BCUT2D eigenvalue weighted by Crippen LogP contribution is 2.11. The molecule has 1 amide bonds. The van der Waals surface area contributed by atoms with Gasteiger partial charge in [-0.15, -0.1) is 6.42 Å². The van der Waals surface area contributed by atoms with Crippen molar-refractivity contribution in [2.75, 3.05) is 5.32 Å². The van der Waals surface area contributed by atoms with Gasteiger partial charge < -0.3 is 9.84 Å². The van der Waals surface area contributed by atoms with E-state index in [2.05, 4.69) is 16.4 Å². The number of terminal acetylenes is 1. The van der Waals surface area contributed by atoms with Gasteiger partial charge in [0.05, 0.1) is 0 Å². The van der Waals surface area contributed by atoms with Crippen molar-refractivity contribution >= 4 is 11.6 Å². The molecular weight excluding hydrogens is 216 g/mol. The third-order valence-electron chi connectivity index (χ3n) is 2.15. The molecular formula is C13H10N2O2. The number of carbonyl (C=O) groups excluding carboxylic acids is 1. The minimum atomic E-state index is -0.323. The molecule has 0 fully saturated rings. The summed E-state index contributed by atoms with van der Waals surface area (Å²) < 4.78 is 4.83. The molecule has 2 aromatic rings. The Morgan fingerprint density at radius 1 is 1.47 bits per heavy atom. The predicted octanol–water partition coefficient (Wildman–Crippen LogP) is 2.22. The number of nitrogens with zero attached hydrogens (tertiary/aromatic N) is 1. The average Bonchev–Trinajstić information content (AvgIpc) is 2.76. The second-order valence-corrected chi connectivity index (χ2v) is 3.50. The molecule has 0 atom stereocenters. The van der Waals surface area contributed by atoms with Gasteiger partial charge in [0.25, 0.3) is 5.91 Å². The van der Waals surface area contributed by atoms with Crippen LogP contribution in [0.5, 0.6) is 0 Å². The first-order chi connectivity index (χ1) is 8.19. The smallest absolute Gasteiger partial charge is 0.277 e. The highest BCUT2D eigenvalue weighted by Gasteiger charge is 2.10. The van der Waals surface area contributed by atoms with E-state index in [1.165, 1.54) is 0 Å². The van der Waals surface area contributed by atoms with Crippen LogP contribution in [0, 0.1) is 19.3 Å². The highest BCUT2D eigenvalue weighted by molar-refractivity contribution is 6.02. The third-order valence-corrected chi connectivity index (χ3v) is 2.15. The molecule has 1 N–H and O–H groups in total. The number of aryl methyl sites for hydroxylation is 1. The first-order valence-electron chi connectivity index (χ1n) is 5.00. The molecule has 0 radical (unpaired) electrons. The van der Waals surface area contributed by atoms with Crippen LogP contribution in [0.4, 0.5) is 5.69 Å². The Balaban J connectivity index is 2.16. The van der Waals surface area contributed by atoms with Crippen LogP contribution in [-0.4, -0.2) is 11.1 Å². The second-order valence-electron chi connectivity index (χ2n) is 3.50. The fourth-order valence-electron chi connectivity index (χ4n) is 1.36. The molecule has 2 rings (SSSR count). The molecule has 4 heteroatoms. The van der Waals surface area contributed by atoms with Gasteiger partial charge in [0.15, 0.2) is 5.69 Å². The summed E-state index contributed by atoms with van der Waals surface area (Å²) in [5.74, 6) is 2.77. The van der Waals surface area contributed by atoms with Crippen LogP contribution in [0.3, 0.4) is 0 Å². The fraction of sp³-hybridized carbons (Fsp3) is 0.0769. The summed E-state index contributed by atoms with van der Waals surface area (Å²) in [5, 5.41) is 6.32. The number of benzene rings is 1. The van der Waals surface area contributed by atoms with E-state index in [1.807, 2.05) is 0 Å². The van der Waals surface area contributed by atoms with Crippen LogP contribution in [0.1, 0.15) is 21.8 Å². The monoisotopic (exact) mass is 226 g/mol. The lowest BCUT2D eigenvalue weighted by atomic mass is 10.2. The van der Waals surface area contributed by atoms with Crippen LogP contribution in [0.2, 0.25) is 0 Å². The molecule has 1 aromatic carbocycles. The SMILES string of the molecule is C#Cc1cccc(NC(=O)c2cc(C)on2)c1. The lowest BCUT2D eigenvalue weighted by Gasteiger charge is -2.02. The van der Waals surface area contributed by atoms with Crippen molar-refractivity contribution in [3.8, 4) is 12.3 Å². The predicted molar refractivity (Wildman–Crippen MR) is 63.6 cm³/mol. The van der Waals surface area contributed by atoms with E-state index in [4.69, 9.17) is 10.9 Å². The molecule has 84 valence electrons. The van der Waals surface area contributed by atoms with E-state index < -0.39 is 0 Å². The summed E-state index contributed by atoms with van der Waals surface area (Å²) in [4.78, 5) is 11.7. The van der Waals surface area contributed by atoms with Crippen LogP contribution in [0.15, 0.2) is 34.9 Å². The number of nitrogens with one attached hydrogen (secondary N) is 1. The Bertz CT molecular complexity index is 593. The molecule has 0 aliphatic carbocycles. The van der Waals surface area contributed by atoms with Crippen LogP contribution in [-0.2, 0) is 0 Å². The van der Waals surface area contributed by atoms with E-state index >= 15 is 0 Å². The van der Waals surface area contributed by atoms with E-state index in [1.54, 1.807) is 37.3 Å². The summed E-state index contributed by atoms with van der Waals surface area (Å²) in [6.45, 7) is 1.72. The minimum absolute atomic E-state index is 0.244. The summed E-state index contributed by atoms with van der Waals surface area (Å²) in [7, 11) is 0. The summed E-state index contributed by atoms with van der Waals surface area (Å²) in [6, 6.07) is 8.60. The van der Waals surface area contributed by atoms with Crippen molar-refractivity contribution in [1.82, 2.24) is 5.16 Å². The average molecular weight is 226 g/mol. The van der Waals surface area contributed by atoms with E-state index in [9.17, 15) is 4.79 Å². The van der Waals surface area contributed by atoms with Crippen molar-refractivity contribution in [2.24, 2.45) is 0 Å². The fourth-order valence-corrected chi connectivity index (χ4v) is 1.36. The lowest BCUT2D eigenvalue weighted by Crippen LogP contribution is -2.12. The highest BCUT2D eigenvalue weighted by atomic mass is 16.5. The first-order valence-corrected chi connectivity index (χ1v) is 5.00. The Morgan fingerprint density at radius 2 is 2.29 bits per heavy atom. The molecule has 0 aliphatic rings. The van der Waals surface area contributed by atoms with Gasteiger partial charge in [0.1, 0.15) is 5.76 Å². The molecule has 17 heavy (non-hydrogen) atoms. The maximum Gasteiger partial charge on any atom is 0.277 e. The molecule has 0 unspecified atom stereocenters. The number of rotatable bonds is 2. The number of hydrogen-bond acceptors (Lipinski definition) is 3.